The van der Waals surface area contributed by atoms with E-state index in [-0.39, 0.29) is 5.91 Å². The van der Waals surface area contributed by atoms with Gasteiger partial charge < -0.3 is 10.5 Å². The Bertz CT molecular complexity index is 295. The molecule has 2 heterocycles. The van der Waals surface area contributed by atoms with Gasteiger partial charge in [-0.25, -0.2) is 0 Å². The molecule has 4 heteroatoms. The van der Waals surface area contributed by atoms with Crippen molar-refractivity contribution in [2.24, 2.45) is 5.73 Å². The Kier molecular flexibility index (Phi) is 1.86. The third kappa shape index (κ3) is 1.23. The molecule has 2 N–H and O–H groups in total. The van der Waals surface area contributed by atoms with Gasteiger partial charge in [-0.1, -0.05) is 0 Å². The molecule has 0 fully saturated rings. The second-order valence-corrected chi connectivity index (χ2v) is 3.86. The maximum Gasteiger partial charge on any atom is 0.258 e. The highest BCUT2D eigenvalue weighted by Crippen LogP contribution is 2.26. The van der Waals surface area contributed by atoms with Crippen molar-refractivity contribution < 1.29 is 9.53 Å². The van der Waals surface area contributed by atoms with Gasteiger partial charge in [-0.05, 0) is 11.6 Å². The van der Waals surface area contributed by atoms with Gasteiger partial charge >= 0.3 is 0 Å². The summed E-state index contributed by atoms with van der Waals surface area (Å²) < 4.78 is 5.24. The highest BCUT2D eigenvalue weighted by Gasteiger charge is 2.15. The highest BCUT2D eigenvalue weighted by atomic mass is 32.1. The standard InChI is InChI=1S/C8H9NO2S/c9-8(10)7-3-5-4-11-2-1-6(5)12-7/h3H,1-2,4H2,(H2,9,10). The highest BCUT2D eigenvalue weighted by molar-refractivity contribution is 7.14. The molecule has 0 saturated carbocycles. The first-order valence-corrected chi connectivity index (χ1v) is 4.58. The average molecular weight is 183 g/mol. The minimum atomic E-state index is -0.339. The van der Waals surface area contributed by atoms with Crippen molar-refractivity contribution in [3.05, 3.63) is 21.4 Å². The van der Waals surface area contributed by atoms with E-state index in [0.717, 1.165) is 18.6 Å². The summed E-state index contributed by atoms with van der Waals surface area (Å²) in [5.74, 6) is -0.339. The summed E-state index contributed by atoms with van der Waals surface area (Å²) in [4.78, 5) is 12.7. The first kappa shape index (κ1) is 7.76. The zero-order chi connectivity index (χ0) is 8.55. The molecule has 1 aromatic heterocycles. The zero-order valence-electron chi connectivity index (χ0n) is 6.50. The fourth-order valence-electron chi connectivity index (χ4n) is 1.27. The Morgan fingerprint density at radius 3 is 3.17 bits per heavy atom. The summed E-state index contributed by atoms with van der Waals surface area (Å²) in [6.45, 7) is 1.38. The number of thiophene rings is 1. The number of hydrogen-bond donors (Lipinski definition) is 1. The maximum atomic E-state index is 10.8. The lowest BCUT2D eigenvalue weighted by atomic mass is 10.2. The van der Waals surface area contributed by atoms with Crippen LogP contribution in [-0.4, -0.2) is 12.5 Å². The van der Waals surface area contributed by atoms with Gasteiger partial charge in [0.15, 0.2) is 0 Å². The molecule has 0 unspecified atom stereocenters. The van der Waals surface area contributed by atoms with Crippen LogP contribution in [0.2, 0.25) is 0 Å². The second kappa shape index (κ2) is 2.88. The van der Waals surface area contributed by atoms with Crippen molar-refractivity contribution in [3.63, 3.8) is 0 Å². The number of nitrogens with two attached hydrogens (primary N) is 1. The number of ether oxygens (including phenoxy) is 1. The van der Waals surface area contributed by atoms with Crippen molar-refractivity contribution in [2.75, 3.05) is 6.61 Å². The SMILES string of the molecule is NC(=O)c1cc2c(s1)CCOC2. The number of primary amides is 1. The van der Waals surface area contributed by atoms with E-state index in [1.165, 1.54) is 16.2 Å². The van der Waals surface area contributed by atoms with E-state index in [4.69, 9.17) is 10.5 Å². The van der Waals surface area contributed by atoms with E-state index >= 15 is 0 Å². The van der Waals surface area contributed by atoms with Gasteiger partial charge in [0.2, 0.25) is 0 Å². The number of amides is 1. The summed E-state index contributed by atoms with van der Waals surface area (Å²) in [6, 6.07) is 1.83. The van der Waals surface area contributed by atoms with Gasteiger partial charge in [0.25, 0.3) is 5.91 Å². The van der Waals surface area contributed by atoms with Gasteiger partial charge in [0.1, 0.15) is 0 Å². The predicted molar refractivity (Wildman–Crippen MR) is 46.2 cm³/mol. The Morgan fingerprint density at radius 2 is 2.50 bits per heavy atom. The number of fused-ring (bicyclic) bond motifs is 1. The fourth-order valence-corrected chi connectivity index (χ4v) is 2.27. The monoisotopic (exact) mass is 183 g/mol. The number of hydrogen-bond acceptors (Lipinski definition) is 3. The van der Waals surface area contributed by atoms with E-state index in [1.54, 1.807) is 0 Å². The normalized spacial score (nSPS) is 15.7. The second-order valence-electron chi connectivity index (χ2n) is 2.73. The fraction of sp³-hybridized carbons (Fsp3) is 0.375. The van der Waals surface area contributed by atoms with E-state index in [2.05, 4.69) is 0 Å². The molecule has 2 rings (SSSR count). The molecule has 0 spiro atoms. The molecule has 1 aliphatic heterocycles. The van der Waals surface area contributed by atoms with Crippen LogP contribution in [0.4, 0.5) is 0 Å². The summed E-state index contributed by atoms with van der Waals surface area (Å²) >= 11 is 1.49. The lowest BCUT2D eigenvalue weighted by Crippen LogP contribution is -2.08. The molecule has 0 radical (unpaired) electrons. The van der Waals surface area contributed by atoms with Gasteiger partial charge in [-0.2, -0.15) is 0 Å². The van der Waals surface area contributed by atoms with E-state index in [0.29, 0.717) is 11.5 Å². The molecule has 0 atom stereocenters. The largest absolute Gasteiger partial charge is 0.376 e. The Balaban J connectivity index is 2.38. The van der Waals surface area contributed by atoms with Crippen LogP contribution in [0.3, 0.4) is 0 Å². The van der Waals surface area contributed by atoms with Gasteiger partial charge in [-0.3, -0.25) is 4.79 Å². The van der Waals surface area contributed by atoms with Crippen molar-refractivity contribution >= 4 is 17.2 Å². The third-order valence-corrected chi connectivity index (χ3v) is 3.12. The Labute approximate surface area is 74.1 Å². The number of rotatable bonds is 1. The van der Waals surface area contributed by atoms with Crippen LogP contribution >= 0.6 is 11.3 Å². The smallest absolute Gasteiger partial charge is 0.258 e. The minimum absolute atomic E-state index is 0.339. The molecule has 1 aromatic rings. The number of carbonyl (C=O) groups is 1. The molecule has 0 saturated heterocycles. The summed E-state index contributed by atoms with van der Waals surface area (Å²) in [5.41, 5.74) is 6.28. The number of carbonyl (C=O) groups excluding carboxylic acids is 1. The molecule has 1 aliphatic rings. The topological polar surface area (TPSA) is 52.3 Å². The molecular weight excluding hydrogens is 174 g/mol. The Morgan fingerprint density at radius 1 is 1.67 bits per heavy atom. The molecule has 1 amide bonds. The summed E-state index contributed by atoms with van der Waals surface area (Å²) in [6.07, 6.45) is 0.910. The maximum absolute atomic E-state index is 10.8. The van der Waals surface area contributed by atoms with Crippen LogP contribution in [0.15, 0.2) is 6.07 Å². The molecular formula is C8H9NO2S. The van der Waals surface area contributed by atoms with Crippen LogP contribution in [0.25, 0.3) is 0 Å². The molecule has 12 heavy (non-hydrogen) atoms. The van der Waals surface area contributed by atoms with Crippen molar-refractivity contribution in [2.45, 2.75) is 13.0 Å². The third-order valence-electron chi connectivity index (χ3n) is 1.87. The van der Waals surface area contributed by atoms with Crippen molar-refractivity contribution in [3.8, 4) is 0 Å². The van der Waals surface area contributed by atoms with Crippen molar-refractivity contribution in [1.29, 1.82) is 0 Å². The summed E-state index contributed by atoms with van der Waals surface area (Å²) in [7, 11) is 0. The van der Waals surface area contributed by atoms with Gasteiger partial charge in [-0.15, -0.1) is 11.3 Å². The lowest BCUT2D eigenvalue weighted by Gasteiger charge is -2.10. The van der Waals surface area contributed by atoms with Crippen LogP contribution in [0.5, 0.6) is 0 Å². The molecule has 0 bridgehead atoms. The average Bonchev–Trinajstić information content (AvgIpc) is 2.46. The quantitative estimate of drug-likeness (QED) is 0.703. The molecule has 0 aromatic carbocycles. The van der Waals surface area contributed by atoms with Gasteiger partial charge in [0.05, 0.1) is 18.1 Å². The lowest BCUT2D eigenvalue weighted by molar-refractivity contribution is 0.100. The molecule has 0 aliphatic carbocycles. The van der Waals surface area contributed by atoms with E-state index in [1.807, 2.05) is 6.07 Å². The first-order valence-electron chi connectivity index (χ1n) is 3.76. The van der Waals surface area contributed by atoms with Crippen LogP contribution in [0, 0.1) is 0 Å². The van der Waals surface area contributed by atoms with E-state index in [9.17, 15) is 4.79 Å². The molecule has 3 nitrogen and oxygen atoms in total. The van der Waals surface area contributed by atoms with Crippen LogP contribution < -0.4 is 5.73 Å². The Hall–Kier alpha value is -0.870. The molecule has 64 valence electrons. The summed E-state index contributed by atoms with van der Waals surface area (Å²) in [5, 5.41) is 0. The zero-order valence-corrected chi connectivity index (χ0v) is 7.32. The van der Waals surface area contributed by atoms with Crippen LogP contribution in [-0.2, 0) is 17.8 Å². The van der Waals surface area contributed by atoms with Crippen LogP contribution in [0.1, 0.15) is 20.1 Å². The van der Waals surface area contributed by atoms with Gasteiger partial charge in [0, 0.05) is 11.3 Å². The predicted octanol–water partition coefficient (Wildman–Crippen LogP) is 0.920. The minimum Gasteiger partial charge on any atom is -0.376 e. The first-order chi connectivity index (χ1) is 5.77. The van der Waals surface area contributed by atoms with Crippen molar-refractivity contribution in [1.82, 2.24) is 0 Å². The van der Waals surface area contributed by atoms with E-state index < -0.39 is 0 Å².